The maximum absolute atomic E-state index is 13.3. The van der Waals surface area contributed by atoms with E-state index in [0.717, 1.165) is 12.1 Å². The molecule has 128 valence electrons. The lowest BCUT2D eigenvalue weighted by Gasteiger charge is -2.35. The van der Waals surface area contributed by atoms with Gasteiger partial charge in [0.15, 0.2) is 17.4 Å². The summed E-state index contributed by atoms with van der Waals surface area (Å²) >= 11 is 0. The first-order valence-electron chi connectivity index (χ1n) is 7.53. The highest BCUT2D eigenvalue weighted by molar-refractivity contribution is 5.78. The predicted molar refractivity (Wildman–Crippen MR) is 80.9 cm³/mol. The van der Waals surface area contributed by atoms with Crippen molar-refractivity contribution in [2.24, 2.45) is 5.73 Å². The molecule has 2 aromatic rings. The molecule has 3 N–H and O–H groups in total. The number of carbonyl (C=O) groups is 1. The topological polar surface area (TPSA) is 92.6 Å². The van der Waals surface area contributed by atoms with Crippen LogP contribution < -0.4 is 5.73 Å². The number of carboxylic acids is 1. The van der Waals surface area contributed by atoms with E-state index in [1.807, 2.05) is 4.90 Å². The molecule has 24 heavy (non-hydrogen) atoms. The van der Waals surface area contributed by atoms with Gasteiger partial charge in [-0.2, -0.15) is 0 Å². The monoisotopic (exact) mass is 337 g/mol. The van der Waals surface area contributed by atoms with Gasteiger partial charge in [-0.25, -0.2) is 8.78 Å². The summed E-state index contributed by atoms with van der Waals surface area (Å²) in [5.74, 6) is -2.28. The highest BCUT2D eigenvalue weighted by atomic mass is 19.2. The standard InChI is InChI=1S/C16H17F2N3O3/c17-12-2-1-10(7-13(12)18)14-8-11(24-20-14)9-21-5-3-16(19,4-6-21)15(22)23/h1-2,7-8H,3-6,9,19H2,(H,22,23). The Balaban J connectivity index is 1.65. The first-order chi connectivity index (χ1) is 11.4. The molecule has 0 radical (unpaired) electrons. The van der Waals surface area contributed by atoms with Crippen molar-refractivity contribution < 1.29 is 23.2 Å². The third-order valence-electron chi connectivity index (χ3n) is 4.33. The van der Waals surface area contributed by atoms with Crippen molar-refractivity contribution in [3.63, 3.8) is 0 Å². The van der Waals surface area contributed by atoms with Gasteiger partial charge in [0.1, 0.15) is 11.2 Å². The summed E-state index contributed by atoms with van der Waals surface area (Å²) in [6, 6.07) is 5.19. The number of likely N-dealkylation sites (tertiary alicyclic amines) is 1. The van der Waals surface area contributed by atoms with Gasteiger partial charge in [0.2, 0.25) is 0 Å². The lowest BCUT2D eigenvalue weighted by atomic mass is 9.89. The maximum atomic E-state index is 13.3. The number of hydrogen-bond donors (Lipinski definition) is 2. The van der Waals surface area contributed by atoms with E-state index in [4.69, 9.17) is 15.4 Å². The van der Waals surface area contributed by atoms with Crippen LogP contribution in [0.15, 0.2) is 28.8 Å². The van der Waals surface area contributed by atoms with Gasteiger partial charge < -0.3 is 15.4 Å². The Morgan fingerprint density at radius 2 is 2.00 bits per heavy atom. The average Bonchev–Trinajstić information content (AvgIpc) is 3.01. The average molecular weight is 337 g/mol. The number of aromatic nitrogens is 1. The molecule has 0 atom stereocenters. The van der Waals surface area contributed by atoms with Crippen LogP contribution >= 0.6 is 0 Å². The number of piperidine rings is 1. The molecule has 3 rings (SSSR count). The van der Waals surface area contributed by atoms with Gasteiger partial charge >= 0.3 is 5.97 Å². The van der Waals surface area contributed by atoms with E-state index in [2.05, 4.69) is 5.16 Å². The number of carboxylic acid groups (broad SMARTS) is 1. The fraction of sp³-hybridized carbons (Fsp3) is 0.375. The van der Waals surface area contributed by atoms with Crippen LogP contribution in [0.25, 0.3) is 11.3 Å². The summed E-state index contributed by atoms with van der Waals surface area (Å²) in [6.07, 6.45) is 0.707. The van der Waals surface area contributed by atoms with Gasteiger partial charge in [-0.3, -0.25) is 9.69 Å². The number of hydrogen-bond acceptors (Lipinski definition) is 5. The molecule has 1 aliphatic heterocycles. The molecule has 6 nitrogen and oxygen atoms in total. The van der Waals surface area contributed by atoms with Crippen molar-refractivity contribution in [3.05, 3.63) is 41.7 Å². The zero-order valence-corrected chi connectivity index (χ0v) is 12.8. The molecule has 0 bridgehead atoms. The minimum absolute atomic E-state index is 0.354. The predicted octanol–water partition coefficient (Wildman–Crippen LogP) is 2.00. The summed E-state index contributed by atoms with van der Waals surface area (Å²) in [5.41, 5.74) is 5.51. The second-order valence-electron chi connectivity index (χ2n) is 6.04. The summed E-state index contributed by atoms with van der Waals surface area (Å²) in [5, 5.41) is 13.0. The highest BCUT2D eigenvalue weighted by Gasteiger charge is 2.37. The summed E-state index contributed by atoms with van der Waals surface area (Å²) in [4.78, 5) is 13.1. The van der Waals surface area contributed by atoms with E-state index in [9.17, 15) is 13.6 Å². The van der Waals surface area contributed by atoms with E-state index in [1.54, 1.807) is 6.07 Å². The molecular formula is C16H17F2N3O3. The SMILES string of the molecule is NC1(C(=O)O)CCN(Cc2cc(-c3ccc(F)c(F)c3)no2)CC1. The minimum Gasteiger partial charge on any atom is -0.480 e. The lowest BCUT2D eigenvalue weighted by Crippen LogP contribution is -2.55. The second kappa shape index (κ2) is 6.29. The molecule has 1 aromatic heterocycles. The van der Waals surface area contributed by atoms with Crippen molar-refractivity contribution in [2.45, 2.75) is 24.9 Å². The van der Waals surface area contributed by atoms with E-state index in [-0.39, 0.29) is 0 Å². The van der Waals surface area contributed by atoms with Crippen LogP contribution in [-0.4, -0.2) is 39.8 Å². The number of nitrogens with zero attached hydrogens (tertiary/aromatic N) is 2. The minimum atomic E-state index is -1.17. The highest BCUT2D eigenvalue weighted by Crippen LogP contribution is 2.24. The van der Waals surface area contributed by atoms with Crippen LogP contribution in [-0.2, 0) is 11.3 Å². The molecule has 2 heterocycles. The molecule has 0 unspecified atom stereocenters. The van der Waals surface area contributed by atoms with Crippen LogP contribution in [0.2, 0.25) is 0 Å². The van der Waals surface area contributed by atoms with E-state index in [0.29, 0.717) is 49.5 Å². The molecule has 0 amide bonds. The smallest absolute Gasteiger partial charge is 0.323 e. The number of rotatable bonds is 4. The molecule has 1 fully saturated rings. The van der Waals surface area contributed by atoms with Crippen LogP contribution in [0, 0.1) is 11.6 Å². The van der Waals surface area contributed by atoms with Crippen molar-refractivity contribution in [1.82, 2.24) is 10.1 Å². The zero-order chi connectivity index (χ0) is 17.3. The Hall–Kier alpha value is -2.32. The molecule has 1 aliphatic rings. The normalized spacial score (nSPS) is 17.8. The number of nitrogens with two attached hydrogens (primary N) is 1. The van der Waals surface area contributed by atoms with E-state index < -0.39 is 23.1 Å². The first-order valence-corrected chi connectivity index (χ1v) is 7.53. The Morgan fingerprint density at radius 3 is 2.62 bits per heavy atom. The van der Waals surface area contributed by atoms with Crippen LogP contribution in [0.3, 0.4) is 0 Å². The van der Waals surface area contributed by atoms with Gasteiger partial charge in [0.05, 0.1) is 6.54 Å². The Labute approximate surface area is 136 Å². The van der Waals surface area contributed by atoms with Gasteiger partial charge in [-0.1, -0.05) is 5.16 Å². The zero-order valence-electron chi connectivity index (χ0n) is 12.8. The fourth-order valence-corrected chi connectivity index (χ4v) is 2.72. The third kappa shape index (κ3) is 3.29. The van der Waals surface area contributed by atoms with Crippen LogP contribution in [0.5, 0.6) is 0 Å². The molecule has 0 aliphatic carbocycles. The lowest BCUT2D eigenvalue weighted by molar-refractivity contribution is -0.145. The van der Waals surface area contributed by atoms with Gasteiger partial charge in [-0.05, 0) is 31.0 Å². The van der Waals surface area contributed by atoms with E-state index in [1.165, 1.54) is 6.07 Å². The van der Waals surface area contributed by atoms with Gasteiger partial charge in [0, 0.05) is 24.7 Å². The maximum Gasteiger partial charge on any atom is 0.323 e. The summed E-state index contributed by atoms with van der Waals surface area (Å²) in [6.45, 7) is 1.51. The first kappa shape index (κ1) is 16.5. The van der Waals surface area contributed by atoms with Gasteiger partial charge in [-0.15, -0.1) is 0 Å². The molecule has 1 aromatic carbocycles. The largest absolute Gasteiger partial charge is 0.480 e. The Kier molecular flexibility index (Phi) is 4.33. The Bertz CT molecular complexity index is 755. The van der Waals surface area contributed by atoms with Crippen molar-refractivity contribution >= 4 is 5.97 Å². The fourth-order valence-electron chi connectivity index (χ4n) is 2.72. The van der Waals surface area contributed by atoms with E-state index >= 15 is 0 Å². The molecule has 0 spiro atoms. The molecule has 1 saturated heterocycles. The van der Waals surface area contributed by atoms with Crippen molar-refractivity contribution in [2.75, 3.05) is 13.1 Å². The summed E-state index contributed by atoms with van der Waals surface area (Å²) in [7, 11) is 0. The van der Waals surface area contributed by atoms with Gasteiger partial charge in [0.25, 0.3) is 0 Å². The second-order valence-corrected chi connectivity index (χ2v) is 6.04. The van der Waals surface area contributed by atoms with Crippen LogP contribution in [0.4, 0.5) is 8.78 Å². The number of halogens is 2. The number of benzene rings is 1. The quantitative estimate of drug-likeness (QED) is 0.886. The van der Waals surface area contributed by atoms with Crippen molar-refractivity contribution in [3.8, 4) is 11.3 Å². The number of aliphatic carboxylic acids is 1. The van der Waals surface area contributed by atoms with Crippen LogP contribution in [0.1, 0.15) is 18.6 Å². The third-order valence-corrected chi connectivity index (χ3v) is 4.33. The van der Waals surface area contributed by atoms with Crippen molar-refractivity contribution in [1.29, 1.82) is 0 Å². The molecule has 8 heteroatoms. The molecule has 0 saturated carbocycles. The summed E-state index contributed by atoms with van der Waals surface area (Å²) < 4.78 is 31.5. The Morgan fingerprint density at radius 1 is 1.29 bits per heavy atom. The molecular weight excluding hydrogens is 320 g/mol.